The van der Waals surface area contributed by atoms with Crippen molar-refractivity contribution in [2.75, 3.05) is 26.7 Å². The molecule has 3 atom stereocenters. The van der Waals surface area contributed by atoms with Gasteiger partial charge < -0.3 is 14.7 Å². The van der Waals surface area contributed by atoms with Gasteiger partial charge in [-0.1, -0.05) is 49.4 Å². The van der Waals surface area contributed by atoms with Gasteiger partial charge in [0.2, 0.25) is 15.9 Å². The first-order valence-corrected chi connectivity index (χ1v) is 14.6. The van der Waals surface area contributed by atoms with Crippen LogP contribution in [0.25, 0.3) is 5.57 Å². The molecule has 0 spiro atoms. The number of rotatable bonds is 7. The minimum absolute atomic E-state index is 0.0291. The van der Waals surface area contributed by atoms with Gasteiger partial charge in [0.15, 0.2) is 0 Å². The lowest BCUT2D eigenvalue weighted by atomic mass is 9.93. The van der Waals surface area contributed by atoms with Crippen LogP contribution in [0.1, 0.15) is 50.7 Å². The summed E-state index contributed by atoms with van der Waals surface area (Å²) in [5.41, 5.74) is 3.11. The number of sulfonamides is 1. The van der Waals surface area contributed by atoms with E-state index in [-0.39, 0.29) is 36.3 Å². The van der Waals surface area contributed by atoms with E-state index in [4.69, 9.17) is 4.74 Å². The molecule has 200 valence electrons. The number of aliphatic hydroxyl groups excluding tert-OH is 1. The Morgan fingerprint density at radius 1 is 1.19 bits per heavy atom. The van der Waals surface area contributed by atoms with Gasteiger partial charge in [0.1, 0.15) is 16.7 Å². The van der Waals surface area contributed by atoms with Gasteiger partial charge in [0, 0.05) is 25.6 Å². The highest BCUT2D eigenvalue weighted by Crippen LogP contribution is 2.37. The molecule has 0 fully saturated rings. The molecule has 0 aromatic heterocycles. The van der Waals surface area contributed by atoms with E-state index in [1.165, 1.54) is 9.88 Å². The SMILES string of the molecule is C[C@H](CO)N1C[C@H](C)[C@H](CN(C)C(=O)Cc2ccccc2)Oc2cc(C3=CCCCC3)ccc2S1(=O)=O. The molecule has 2 aromatic carbocycles. The maximum Gasteiger partial charge on any atom is 0.247 e. The molecular formula is C29H38N2O5S. The van der Waals surface area contributed by atoms with Gasteiger partial charge in [-0.15, -0.1) is 0 Å². The fourth-order valence-corrected chi connectivity index (χ4v) is 6.85. The second-order valence-corrected chi connectivity index (χ2v) is 12.2. The topological polar surface area (TPSA) is 87.2 Å². The number of hydrogen-bond donors (Lipinski definition) is 1. The second-order valence-electron chi connectivity index (χ2n) is 10.3. The van der Waals surface area contributed by atoms with Crippen LogP contribution in [0.4, 0.5) is 0 Å². The lowest BCUT2D eigenvalue weighted by molar-refractivity contribution is -0.130. The van der Waals surface area contributed by atoms with Gasteiger partial charge >= 0.3 is 0 Å². The number of benzene rings is 2. The number of nitrogens with zero attached hydrogens (tertiary/aromatic N) is 2. The lowest BCUT2D eigenvalue weighted by Crippen LogP contribution is -2.50. The number of hydrogen-bond acceptors (Lipinski definition) is 5. The summed E-state index contributed by atoms with van der Waals surface area (Å²) in [6.45, 7) is 3.86. The third-order valence-corrected chi connectivity index (χ3v) is 9.43. The molecule has 37 heavy (non-hydrogen) atoms. The highest BCUT2D eigenvalue weighted by Gasteiger charge is 2.38. The second kappa shape index (κ2) is 11.8. The van der Waals surface area contributed by atoms with Crippen molar-refractivity contribution in [3.63, 3.8) is 0 Å². The number of aliphatic hydroxyl groups is 1. The Bertz CT molecular complexity index is 1230. The smallest absolute Gasteiger partial charge is 0.247 e. The number of allylic oxidation sites excluding steroid dienone is 2. The molecule has 0 saturated carbocycles. The summed E-state index contributed by atoms with van der Waals surface area (Å²) >= 11 is 0. The lowest BCUT2D eigenvalue weighted by Gasteiger charge is -2.37. The van der Waals surface area contributed by atoms with Crippen LogP contribution in [0.2, 0.25) is 0 Å². The predicted octanol–water partition coefficient (Wildman–Crippen LogP) is 4.11. The Labute approximate surface area is 220 Å². The number of likely N-dealkylation sites (N-methyl/N-ethyl adjacent to an activating group) is 1. The molecule has 0 bridgehead atoms. The zero-order valence-corrected chi connectivity index (χ0v) is 22.8. The van der Waals surface area contributed by atoms with Crippen molar-refractivity contribution in [1.82, 2.24) is 9.21 Å². The van der Waals surface area contributed by atoms with E-state index in [1.54, 1.807) is 24.9 Å². The van der Waals surface area contributed by atoms with E-state index in [2.05, 4.69) is 6.08 Å². The van der Waals surface area contributed by atoms with Crippen LogP contribution < -0.4 is 4.74 Å². The first-order chi connectivity index (χ1) is 17.7. The van der Waals surface area contributed by atoms with Crippen molar-refractivity contribution in [3.05, 3.63) is 65.7 Å². The third kappa shape index (κ3) is 6.25. The van der Waals surface area contributed by atoms with Crippen molar-refractivity contribution in [1.29, 1.82) is 0 Å². The maximum atomic E-state index is 13.7. The molecule has 1 aliphatic carbocycles. The van der Waals surface area contributed by atoms with Crippen LogP contribution in [-0.2, 0) is 21.2 Å². The van der Waals surface area contributed by atoms with Crippen molar-refractivity contribution < 1.29 is 23.1 Å². The summed E-state index contributed by atoms with van der Waals surface area (Å²) in [5.74, 6) is 0.0552. The van der Waals surface area contributed by atoms with Gasteiger partial charge in [-0.25, -0.2) is 8.42 Å². The Balaban J connectivity index is 1.67. The number of carbonyl (C=O) groups is 1. The average Bonchev–Trinajstić information content (AvgIpc) is 2.91. The molecule has 2 aromatic rings. The molecule has 0 unspecified atom stereocenters. The third-order valence-electron chi connectivity index (χ3n) is 7.41. The summed E-state index contributed by atoms with van der Waals surface area (Å²) in [4.78, 5) is 14.8. The fraction of sp³-hybridized carbons (Fsp3) is 0.483. The Morgan fingerprint density at radius 3 is 2.62 bits per heavy atom. The highest BCUT2D eigenvalue weighted by atomic mass is 32.2. The van der Waals surface area contributed by atoms with Crippen molar-refractivity contribution in [2.45, 2.75) is 63.0 Å². The zero-order chi connectivity index (χ0) is 26.6. The van der Waals surface area contributed by atoms with E-state index in [9.17, 15) is 18.3 Å². The van der Waals surface area contributed by atoms with Gasteiger partial charge in [-0.2, -0.15) is 4.31 Å². The van der Waals surface area contributed by atoms with Crippen LogP contribution in [0, 0.1) is 5.92 Å². The zero-order valence-electron chi connectivity index (χ0n) is 22.0. The maximum absolute atomic E-state index is 13.7. The standard InChI is InChI=1S/C29H38N2O5S/c1-21-18-31(22(2)20-32)37(34,35)28-15-14-25(24-12-8-5-9-13-24)17-26(28)36-27(21)19-30(3)29(33)16-23-10-6-4-7-11-23/h4,6-7,10-12,14-15,17,21-22,27,32H,5,8-9,13,16,18-20H2,1-3H3/t21-,22+,27-/m0/s1. The summed E-state index contributed by atoms with van der Waals surface area (Å²) in [5, 5.41) is 9.86. The highest BCUT2D eigenvalue weighted by molar-refractivity contribution is 7.89. The van der Waals surface area contributed by atoms with Gasteiger partial charge in [0.05, 0.1) is 19.6 Å². The van der Waals surface area contributed by atoms with Crippen molar-refractivity contribution in [3.8, 4) is 5.75 Å². The van der Waals surface area contributed by atoms with Crippen LogP contribution in [0.5, 0.6) is 5.75 Å². The Hall–Kier alpha value is -2.68. The fourth-order valence-electron chi connectivity index (χ4n) is 5.02. The van der Waals surface area contributed by atoms with E-state index >= 15 is 0 Å². The Kier molecular flexibility index (Phi) is 8.72. The molecule has 0 radical (unpaired) electrons. The van der Waals surface area contributed by atoms with E-state index in [1.807, 2.05) is 49.4 Å². The van der Waals surface area contributed by atoms with E-state index in [0.717, 1.165) is 36.8 Å². The van der Waals surface area contributed by atoms with Crippen LogP contribution >= 0.6 is 0 Å². The molecule has 8 heteroatoms. The summed E-state index contributed by atoms with van der Waals surface area (Å²) in [7, 11) is -2.14. The van der Waals surface area contributed by atoms with E-state index < -0.39 is 22.2 Å². The normalized spacial score (nSPS) is 22.5. The molecule has 1 amide bonds. The van der Waals surface area contributed by atoms with Crippen LogP contribution in [0.3, 0.4) is 0 Å². The number of fused-ring (bicyclic) bond motifs is 1. The summed E-state index contributed by atoms with van der Waals surface area (Å²) < 4.78 is 35.2. The molecule has 0 saturated heterocycles. The molecule has 2 aliphatic rings. The average molecular weight is 527 g/mol. The minimum atomic E-state index is -3.89. The number of ether oxygens (including phenoxy) is 1. The summed E-state index contributed by atoms with van der Waals surface area (Å²) in [6, 6.07) is 14.3. The largest absolute Gasteiger partial charge is 0.487 e. The van der Waals surface area contributed by atoms with Gasteiger partial charge in [-0.3, -0.25) is 4.79 Å². The molecule has 1 N–H and O–H groups in total. The van der Waals surface area contributed by atoms with E-state index in [0.29, 0.717) is 12.3 Å². The summed E-state index contributed by atoms with van der Waals surface area (Å²) in [6.07, 6.45) is 6.32. The first-order valence-electron chi connectivity index (χ1n) is 13.1. The van der Waals surface area contributed by atoms with Crippen molar-refractivity contribution in [2.24, 2.45) is 5.92 Å². The van der Waals surface area contributed by atoms with Gasteiger partial charge in [0.25, 0.3) is 0 Å². The minimum Gasteiger partial charge on any atom is -0.487 e. The molecule has 7 nitrogen and oxygen atoms in total. The van der Waals surface area contributed by atoms with Gasteiger partial charge in [-0.05, 0) is 61.4 Å². The number of amides is 1. The van der Waals surface area contributed by atoms with Crippen LogP contribution in [0.15, 0.2) is 59.5 Å². The van der Waals surface area contributed by atoms with Crippen molar-refractivity contribution >= 4 is 21.5 Å². The molecule has 1 aliphatic heterocycles. The predicted molar refractivity (Wildman–Crippen MR) is 145 cm³/mol. The molecule has 4 rings (SSSR count). The monoisotopic (exact) mass is 526 g/mol. The quantitative estimate of drug-likeness (QED) is 0.587. The number of carbonyl (C=O) groups excluding carboxylic acids is 1. The Morgan fingerprint density at radius 2 is 1.95 bits per heavy atom. The van der Waals surface area contributed by atoms with Crippen LogP contribution in [-0.4, -0.2) is 67.5 Å². The molecule has 1 heterocycles. The first kappa shape index (κ1) is 27.4. The molecular weight excluding hydrogens is 488 g/mol.